The topological polar surface area (TPSA) is 104 Å². The summed E-state index contributed by atoms with van der Waals surface area (Å²) in [5.74, 6) is -2.72. The average molecular weight is 247 g/mol. The summed E-state index contributed by atoms with van der Waals surface area (Å²) < 4.78 is 4.32. The fraction of sp³-hybridized carbons (Fsp3) is 0.700. The number of likely N-dealkylation sites (N-methyl/N-ethyl adjacent to an activating group) is 1. The van der Waals surface area contributed by atoms with Crippen molar-refractivity contribution in [2.24, 2.45) is 0 Å². The van der Waals surface area contributed by atoms with E-state index in [0.29, 0.717) is 0 Å². The lowest BCUT2D eigenvalue weighted by Gasteiger charge is -2.24. The number of esters is 2. The van der Waals surface area contributed by atoms with Gasteiger partial charge in [-0.05, 0) is 20.8 Å². The van der Waals surface area contributed by atoms with E-state index in [1.807, 2.05) is 0 Å². The minimum absolute atomic E-state index is 0.668. The standard InChI is InChI=1S/C10H17NO6/c1-5(11(4)8(14)6(2)12)9(15)17-10(16)7(3)13/h5-7,12-13H,1-4H3/t5-,6+,7+/m0/s1. The maximum atomic E-state index is 11.4. The molecule has 7 nitrogen and oxygen atoms in total. The Morgan fingerprint density at radius 1 is 1.00 bits per heavy atom. The predicted octanol–water partition coefficient (Wildman–Crippen LogP) is -1.34. The van der Waals surface area contributed by atoms with E-state index in [1.165, 1.54) is 20.9 Å². The number of nitrogens with zero attached hydrogens (tertiary/aromatic N) is 1. The number of aliphatic hydroxyl groups excluding tert-OH is 2. The van der Waals surface area contributed by atoms with Gasteiger partial charge in [-0.1, -0.05) is 0 Å². The van der Waals surface area contributed by atoms with Crippen LogP contribution >= 0.6 is 0 Å². The summed E-state index contributed by atoms with van der Waals surface area (Å²) in [7, 11) is 1.30. The molecule has 0 aliphatic heterocycles. The van der Waals surface area contributed by atoms with E-state index in [0.717, 1.165) is 11.8 Å². The van der Waals surface area contributed by atoms with Crippen LogP contribution in [0.4, 0.5) is 0 Å². The molecule has 0 rings (SSSR count). The summed E-state index contributed by atoms with van der Waals surface area (Å²) in [6, 6.07) is -1.03. The van der Waals surface area contributed by atoms with Crippen LogP contribution in [0.1, 0.15) is 20.8 Å². The summed E-state index contributed by atoms with van der Waals surface area (Å²) in [4.78, 5) is 34.6. The molecule has 3 atom stereocenters. The van der Waals surface area contributed by atoms with Gasteiger partial charge >= 0.3 is 11.9 Å². The molecule has 0 aliphatic rings. The zero-order valence-corrected chi connectivity index (χ0v) is 10.2. The highest BCUT2D eigenvalue weighted by atomic mass is 16.6. The molecule has 0 spiro atoms. The van der Waals surface area contributed by atoms with Gasteiger partial charge in [0.15, 0.2) is 0 Å². The fourth-order valence-corrected chi connectivity index (χ4v) is 0.913. The van der Waals surface area contributed by atoms with Crippen molar-refractivity contribution < 1.29 is 29.3 Å². The number of hydrogen-bond acceptors (Lipinski definition) is 6. The number of aliphatic hydroxyl groups is 2. The number of carbonyl (C=O) groups is 3. The lowest BCUT2D eigenvalue weighted by Crippen LogP contribution is -2.46. The summed E-state index contributed by atoms with van der Waals surface area (Å²) >= 11 is 0. The molecule has 17 heavy (non-hydrogen) atoms. The second kappa shape index (κ2) is 6.31. The van der Waals surface area contributed by atoms with Gasteiger partial charge in [0.1, 0.15) is 18.2 Å². The summed E-state index contributed by atoms with van der Waals surface area (Å²) in [6.07, 6.45) is -2.66. The summed E-state index contributed by atoms with van der Waals surface area (Å²) in [5, 5.41) is 17.9. The van der Waals surface area contributed by atoms with E-state index >= 15 is 0 Å². The number of amides is 1. The lowest BCUT2D eigenvalue weighted by atomic mass is 10.2. The smallest absolute Gasteiger partial charge is 0.342 e. The Morgan fingerprint density at radius 3 is 1.82 bits per heavy atom. The van der Waals surface area contributed by atoms with Gasteiger partial charge in [-0.2, -0.15) is 0 Å². The Balaban J connectivity index is 4.50. The highest BCUT2D eigenvalue weighted by Gasteiger charge is 2.28. The second-order valence-electron chi connectivity index (χ2n) is 3.72. The van der Waals surface area contributed by atoms with Crippen LogP contribution in [0.25, 0.3) is 0 Å². The van der Waals surface area contributed by atoms with Crippen LogP contribution < -0.4 is 0 Å². The number of hydrogen-bond donors (Lipinski definition) is 2. The maximum Gasteiger partial charge on any atom is 0.342 e. The molecule has 0 saturated heterocycles. The van der Waals surface area contributed by atoms with Gasteiger partial charge in [-0.25, -0.2) is 9.59 Å². The van der Waals surface area contributed by atoms with Crippen LogP contribution in [0, 0.1) is 0 Å². The van der Waals surface area contributed by atoms with Crippen molar-refractivity contribution in [2.45, 2.75) is 39.0 Å². The molecule has 0 bridgehead atoms. The quantitative estimate of drug-likeness (QED) is 0.471. The molecule has 0 heterocycles. The highest BCUT2D eigenvalue weighted by molar-refractivity contribution is 5.92. The van der Waals surface area contributed by atoms with Gasteiger partial charge in [-0.3, -0.25) is 4.79 Å². The van der Waals surface area contributed by atoms with Crippen LogP contribution in [0.15, 0.2) is 0 Å². The van der Waals surface area contributed by atoms with Crippen molar-refractivity contribution in [1.29, 1.82) is 0 Å². The Morgan fingerprint density at radius 2 is 1.47 bits per heavy atom. The molecule has 0 aromatic rings. The molecule has 7 heteroatoms. The predicted molar refractivity (Wildman–Crippen MR) is 56.7 cm³/mol. The molecular weight excluding hydrogens is 230 g/mol. The molecule has 0 aliphatic carbocycles. The highest BCUT2D eigenvalue weighted by Crippen LogP contribution is 2.03. The maximum absolute atomic E-state index is 11.4. The zero-order valence-electron chi connectivity index (χ0n) is 10.2. The molecule has 0 aromatic carbocycles. The molecule has 0 saturated carbocycles. The van der Waals surface area contributed by atoms with Crippen molar-refractivity contribution in [2.75, 3.05) is 7.05 Å². The SMILES string of the molecule is C[C@@H](O)C(=O)OC(=O)[C@H](C)N(C)C(=O)[C@@H](C)O. The van der Waals surface area contributed by atoms with Gasteiger partial charge < -0.3 is 19.8 Å². The fourth-order valence-electron chi connectivity index (χ4n) is 0.913. The molecular formula is C10H17NO6. The Bertz CT molecular complexity index is 312. The van der Waals surface area contributed by atoms with Gasteiger partial charge in [0.2, 0.25) is 0 Å². The third kappa shape index (κ3) is 4.49. The first-order chi connectivity index (χ1) is 7.68. The van der Waals surface area contributed by atoms with Crippen LogP contribution in [-0.4, -0.2) is 58.3 Å². The van der Waals surface area contributed by atoms with Gasteiger partial charge in [0, 0.05) is 7.05 Å². The summed E-state index contributed by atoms with van der Waals surface area (Å²) in [6.45, 7) is 3.76. The number of rotatable bonds is 4. The first kappa shape index (κ1) is 15.5. The van der Waals surface area contributed by atoms with E-state index in [1.54, 1.807) is 0 Å². The van der Waals surface area contributed by atoms with E-state index in [4.69, 9.17) is 10.2 Å². The van der Waals surface area contributed by atoms with Crippen LogP contribution in [0.3, 0.4) is 0 Å². The molecule has 98 valence electrons. The van der Waals surface area contributed by atoms with Crippen molar-refractivity contribution >= 4 is 17.8 Å². The van der Waals surface area contributed by atoms with Crippen LogP contribution in [0.5, 0.6) is 0 Å². The molecule has 1 amide bonds. The molecule has 0 fully saturated rings. The minimum atomic E-state index is -1.41. The van der Waals surface area contributed by atoms with Gasteiger partial charge in [-0.15, -0.1) is 0 Å². The van der Waals surface area contributed by atoms with E-state index in [2.05, 4.69) is 4.74 Å². The summed E-state index contributed by atoms with van der Waals surface area (Å²) in [5.41, 5.74) is 0. The van der Waals surface area contributed by atoms with Crippen LogP contribution in [0.2, 0.25) is 0 Å². The zero-order chi connectivity index (χ0) is 13.7. The van der Waals surface area contributed by atoms with E-state index < -0.39 is 36.1 Å². The number of carbonyl (C=O) groups excluding carboxylic acids is 3. The Hall–Kier alpha value is -1.47. The minimum Gasteiger partial charge on any atom is -0.390 e. The van der Waals surface area contributed by atoms with Crippen molar-refractivity contribution in [3.8, 4) is 0 Å². The molecule has 0 aromatic heterocycles. The average Bonchev–Trinajstić information content (AvgIpc) is 2.25. The second-order valence-corrected chi connectivity index (χ2v) is 3.72. The van der Waals surface area contributed by atoms with Crippen LogP contribution in [-0.2, 0) is 19.1 Å². The van der Waals surface area contributed by atoms with E-state index in [9.17, 15) is 14.4 Å². The first-order valence-corrected chi connectivity index (χ1v) is 5.06. The Labute approximate surface area is 99.0 Å². The van der Waals surface area contributed by atoms with Gasteiger partial charge in [0.25, 0.3) is 5.91 Å². The Kier molecular flexibility index (Phi) is 5.77. The molecule has 0 radical (unpaired) electrons. The molecule has 0 unspecified atom stereocenters. The number of ether oxygens (including phenoxy) is 1. The third-order valence-electron chi connectivity index (χ3n) is 2.17. The largest absolute Gasteiger partial charge is 0.390 e. The van der Waals surface area contributed by atoms with Gasteiger partial charge in [0.05, 0.1) is 0 Å². The normalized spacial score (nSPS) is 15.6. The monoisotopic (exact) mass is 247 g/mol. The third-order valence-corrected chi connectivity index (χ3v) is 2.17. The first-order valence-electron chi connectivity index (χ1n) is 5.06. The van der Waals surface area contributed by atoms with Crippen molar-refractivity contribution in [3.05, 3.63) is 0 Å². The lowest BCUT2D eigenvalue weighted by molar-refractivity contribution is -0.170. The van der Waals surface area contributed by atoms with Crippen molar-refractivity contribution in [3.63, 3.8) is 0 Å². The van der Waals surface area contributed by atoms with Crippen molar-refractivity contribution in [1.82, 2.24) is 4.90 Å². The van der Waals surface area contributed by atoms with E-state index in [-0.39, 0.29) is 0 Å². The molecule has 2 N–H and O–H groups in total.